The molecule has 108 valence electrons. The maximum Gasteiger partial charge on any atom is 0.328 e. The number of carboxylic acids is 1. The molecular formula is C18H18O2S. The lowest BCUT2D eigenvalue weighted by molar-refractivity contribution is -0.131. The highest BCUT2D eigenvalue weighted by atomic mass is 32.2. The molecule has 0 radical (unpaired) electrons. The zero-order chi connectivity index (χ0) is 15.2. The van der Waals surface area contributed by atoms with Gasteiger partial charge in [-0.2, -0.15) is 0 Å². The van der Waals surface area contributed by atoms with E-state index in [0.717, 1.165) is 17.4 Å². The number of carboxylic acid groups (broad SMARTS) is 1. The van der Waals surface area contributed by atoms with Crippen molar-refractivity contribution in [3.8, 4) is 0 Å². The van der Waals surface area contributed by atoms with Gasteiger partial charge in [0.1, 0.15) is 0 Å². The molecule has 0 fully saturated rings. The Morgan fingerprint density at radius 3 is 2.43 bits per heavy atom. The van der Waals surface area contributed by atoms with Gasteiger partial charge in [-0.05, 0) is 54.3 Å². The van der Waals surface area contributed by atoms with Gasteiger partial charge >= 0.3 is 5.97 Å². The predicted octanol–water partition coefficient (Wildman–Crippen LogP) is 4.69. The molecule has 0 amide bonds. The maximum absolute atomic E-state index is 10.5. The number of rotatable bonds is 5. The minimum absolute atomic E-state index is 0.900. The number of benzene rings is 2. The monoisotopic (exact) mass is 298 g/mol. The zero-order valence-corrected chi connectivity index (χ0v) is 13.0. The second kappa shape index (κ2) is 7.14. The predicted molar refractivity (Wildman–Crippen MR) is 88.6 cm³/mol. The Morgan fingerprint density at radius 2 is 1.81 bits per heavy atom. The molecule has 0 unspecified atom stereocenters. The number of carbonyl (C=O) groups is 1. The van der Waals surface area contributed by atoms with E-state index in [0.29, 0.717) is 0 Å². The molecule has 0 aliphatic heterocycles. The summed E-state index contributed by atoms with van der Waals surface area (Å²) >= 11 is 1.81. The number of hydrogen-bond donors (Lipinski definition) is 1. The summed E-state index contributed by atoms with van der Waals surface area (Å²) in [5.41, 5.74) is 4.76. The summed E-state index contributed by atoms with van der Waals surface area (Å²) in [6.07, 6.45) is 2.75. The standard InChI is InChI=1S/C18H18O2S/c1-13-3-9-17(11-14(13)2)21-12-16-6-4-15(5-7-16)8-10-18(19)20/h3-11H,12H2,1-2H3,(H,19,20). The van der Waals surface area contributed by atoms with E-state index in [-0.39, 0.29) is 0 Å². The van der Waals surface area contributed by atoms with Crippen molar-refractivity contribution >= 4 is 23.8 Å². The topological polar surface area (TPSA) is 37.3 Å². The van der Waals surface area contributed by atoms with Crippen LogP contribution < -0.4 is 0 Å². The normalized spacial score (nSPS) is 11.0. The van der Waals surface area contributed by atoms with Crippen LogP contribution in [0.25, 0.3) is 6.08 Å². The Hall–Kier alpha value is -2.00. The molecule has 0 aliphatic rings. The van der Waals surface area contributed by atoms with Crippen LogP contribution >= 0.6 is 11.8 Å². The van der Waals surface area contributed by atoms with Crippen LogP contribution in [0.3, 0.4) is 0 Å². The maximum atomic E-state index is 10.5. The van der Waals surface area contributed by atoms with Crippen molar-refractivity contribution in [2.75, 3.05) is 0 Å². The third-order valence-electron chi connectivity index (χ3n) is 3.28. The smallest absolute Gasteiger partial charge is 0.328 e. The number of aryl methyl sites for hydroxylation is 2. The van der Waals surface area contributed by atoms with E-state index in [4.69, 9.17) is 5.11 Å². The second-order valence-corrected chi connectivity index (χ2v) is 6.00. The number of hydrogen-bond acceptors (Lipinski definition) is 2. The molecule has 3 heteroatoms. The lowest BCUT2D eigenvalue weighted by Gasteiger charge is -2.05. The fourth-order valence-electron chi connectivity index (χ4n) is 1.86. The minimum Gasteiger partial charge on any atom is -0.478 e. The Balaban J connectivity index is 1.97. The molecule has 1 N–H and O–H groups in total. The molecule has 2 aromatic carbocycles. The van der Waals surface area contributed by atoms with Gasteiger partial charge in [-0.25, -0.2) is 4.79 Å². The van der Waals surface area contributed by atoms with E-state index >= 15 is 0 Å². The van der Waals surface area contributed by atoms with Crippen molar-refractivity contribution in [3.05, 3.63) is 70.8 Å². The van der Waals surface area contributed by atoms with Crippen LogP contribution in [0, 0.1) is 13.8 Å². The quantitative estimate of drug-likeness (QED) is 0.642. The average Bonchev–Trinajstić information content (AvgIpc) is 2.47. The molecule has 0 saturated carbocycles. The highest BCUT2D eigenvalue weighted by Gasteiger charge is 1.99. The van der Waals surface area contributed by atoms with E-state index in [9.17, 15) is 4.79 Å². The largest absolute Gasteiger partial charge is 0.478 e. The van der Waals surface area contributed by atoms with Crippen molar-refractivity contribution in [1.29, 1.82) is 0 Å². The molecule has 0 atom stereocenters. The molecule has 2 rings (SSSR count). The minimum atomic E-state index is -0.927. The summed E-state index contributed by atoms with van der Waals surface area (Å²) < 4.78 is 0. The van der Waals surface area contributed by atoms with Gasteiger partial charge in [0.15, 0.2) is 0 Å². The van der Waals surface area contributed by atoms with Crippen LogP contribution in [0.4, 0.5) is 0 Å². The van der Waals surface area contributed by atoms with E-state index in [2.05, 4.69) is 32.0 Å². The van der Waals surface area contributed by atoms with Crippen molar-refractivity contribution in [2.24, 2.45) is 0 Å². The summed E-state index contributed by atoms with van der Waals surface area (Å²) in [7, 11) is 0. The van der Waals surface area contributed by atoms with Crippen LogP contribution in [-0.4, -0.2) is 11.1 Å². The molecule has 0 bridgehead atoms. The summed E-state index contributed by atoms with van der Waals surface area (Å²) in [5, 5.41) is 8.59. The first-order chi connectivity index (χ1) is 10.0. The molecule has 0 spiro atoms. The van der Waals surface area contributed by atoms with Gasteiger partial charge in [0, 0.05) is 16.7 Å². The number of thioether (sulfide) groups is 1. The summed E-state index contributed by atoms with van der Waals surface area (Å²) in [4.78, 5) is 11.7. The van der Waals surface area contributed by atoms with E-state index < -0.39 is 5.97 Å². The Labute approximate surface area is 129 Å². The summed E-state index contributed by atoms with van der Waals surface area (Å²) in [6, 6.07) is 14.5. The summed E-state index contributed by atoms with van der Waals surface area (Å²) in [6.45, 7) is 4.25. The first kappa shape index (κ1) is 15.4. The van der Waals surface area contributed by atoms with E-state index in [1.54, 1.807) is 6.08 Å². The molecule has 0 heterocycles. The fraction of sp³-hybridized carbons (Fsp3) is 0.167. The average molecular weight is 298 g/mol. The van der Waals surface area contributed by atoms with Crippen molar-refractivity contribution in [2.45, 2.75) is 24.5 Å². The molecule has 0 aliphatic carbocycles. The SMILES string of the molecule is Cc1ccc(SCc2ccc(C=CC(=O)O)cc2)cc1C. The number of aliphatic carboxylic acids is 1. The molecule has 0 aromatic heterocycles. The Kier molecular flexibility index (Phi) is 5.23. The Morgan fingerprint density at radius 1 is 1.10 bits per heavy atom. The third-order valence-corrected chi connectivity index (χ3v) is 4.35. The zero-order valence-electron chi connectivity index (χ0n) is 12.2. The van der Waals surface area contributed by atoms with Crippen molar-refractivity contribution in [1.82, 2.24) is 0 Å². The lowest BCUT2D eigenvalue weighted by atomic mass is 10.1. The van der Waals surface area contributed by atoms with Crippen LogP contribution in [0.2, 0.25) is 0 Å². The van der Waals surface area contributed by atoms with E-state index in [1.807, 2.05) is 36.0 Å². The van der Waals surface area contributed by atoms with E-state index in [1.165, 1.54) is 21.6 Å². The molecule has 0 saturated heterocycles. The van der Waals surface area contributed by atoms with Crippen molar-refractivity contribution in [3.63, 3.8) is 0 Å². The lowest BCUT2D eigenvalue weighted by Crippen LogP contribution is -1.86. The molecule has 21 heavy (non-hydrogen) atoms. The van der Waals surface area contributed by atoms with Gasteiger partial charge in [-0.3, -0.25) is 0 Å². The van der Waals surface area contributed by atoms with Crippen LogP contribution in [-0.2, 0) is 10.5 Å². The van der Waals surface area contributed by atoms with Crippen LogP contribution in [0.1, 0.15) is 22.3 Å². The molecular weight excluding hydrogens is 280 g/mol. The van der Waals surface area contributed by atoms with Crippen LogP contribution in [0.5, 0.6) is 0 Å². The third kappa shape index (κ3) is 4.80. The fourth-order valence-corrected chi connectivity index (χ4v) is 2.81. The van der Waals surface area contributed by atoms with Gasteiger partial charge in [0.05, 0.1) is 0 Å². The van der Waals surface area contributed by atoms with Gasteiger partial charge in [0.2, 0.25) is 0 Å². The molecule has 2 nitrogen and oxygen atoms in total. The van der Waals surface area contributed by atoms with Crippen molar-refractivity contribution < 1.29 is 9.90 Å². The highest BCUT2D eigenvalue weighted by molar-refractivity contribution is 7.98. The van der Waals surface area contributed by atoms with Crippen LogP contribution in [0.15, 0.2) is 53.4 Å². The summed E-state index contributed by atoms with van der Waals surface area (Å²) in [5.74, 6) is -0.0183. The van der Waals surface area contributed by atoms with Gasteiger partial charge in [0.25, 0.3) is 0 Å². The first-order valence-corrected chi connectivity index (χ1v) is 7.73. The first-order valence-electron chi connectivity index (χ1n) is 6.74. The van der Waals surface area contributed by atoms with Gasteiger partial charge in [-0.15, -0.1) is 11.8 Å². The molecule has 2 aromatic rings. The highest BCUT2D eigenvalue weighted by Crippen LogP contribution is 2.25. The van der Waals surface area contributed by atoms with Gasteiger partial charge in [-0.1, -0.05) is 30.3 Å². The van der Waals surface area contributed by atoms with Gasteiger partial charge < -0.3 is 5.11 Å². The Bertz CT molecular complexity index is 657. The second-order valence-electron chi connectivity index (χ2n) is 4.95.